The Hall–Kier alpha value is -1.76. The van der Waals surface area contributed by atoms with Crippen molar-refractivity contribution >= 4 is 11.9 Å². The fourth-order valence-electron chi connectivity index (χ4n) is 11.8. The van der Waals surface area contributed by atoms with Crippen LogP contribution in [-0.2, 0) is 19.1 Å². The van der Waals surface area contributed by atoms with Gasteiger partial charge in [-0.25, -0.2) is 0 Å². The lowest BCUT2D eigenvalue weighted by Crippen LogP contribution is -2.66. The number of fused-ring (bicyclic) bond motifs is 7. The van der Waals surface area contributed by atoms with E-state index in [1.807, 2.05) is 0 Å². The van der Waals surface area contributed by atoms with E-state index in [1.165, 1.54) is 32.1 Å². The van der Waals surface area contributed by atoms with E-state index >= 15 is 0 Å². The Morgan fingerprint density at radius 3 is 2.38 bits per heavy atom. The van der Waals surface area contributed by atoms with Gasteiger partial charge in [-0.05, 0) is 104 Å². The van der Waals surface area contributed by atoms with Crippen molar-refractivity contribution < 1.29 is 19.1 Å². The van der Waals surface area contributed by atoms with Crippen LogP contribution >= 0.6 is 0 Å². The summed E-state index contributed by atoms with van der Waals surface area (Å²) in [4.78, 5) is 26.0. The minimum Gasteiger partial charge on any atom is -0.462 e. The van der Waals surface area contributed by atoms with Crippen LogP contribution in [0.1, 0.15) is 118 Å². The lowest BCUT2D eigenvalue weighted by Gasteiger charge is -2.72. The molecule has 5 saturated carbocycles. The van der Waals surface area contributed by atoms with Gasteiger partial charge in [0.05, 0.1) is 11.8 Å². The molecule has 0 aromatic rings. The molecule has 0 amide bonds. The predicted molar refractivity (Wildman–Crippen MR) is 154 cm³/mol. The van der Waals surface area contributed by atoms with E-state index in [0.29, 0.717) is 43.1 Å². The fraction of sp³-hybridized carbons (Fsp3) is 0.829. The molecular formula is C35H52O4. The quantitative estimate of drug-likeness (QED) is 0.197. The molecule has 0 N–H and O–H groups in total. The summed E-state index contributed by atoms with van der Waals surface area (Å²) < 4.78 is 11.8. The van der Waals surface area contributed by atoms with Crippen molar-refractivity contribution in [2.45, 2.75) is 124 Å². The summed E-state index contributed by atoms with van der Waals surface area (Å²) >= 11 is 0. The summed E-state index contributed by atoms with van der Waals surface area (Å²) in [6, 6.07) is 0. The number of hydrogen-bond donors (Lipinski definition) is 0. The molecule has 216 valence electrons. The van der Waals surface area contributed by atoms with Crippen molar-refractivity contribution in [1.29, 1.82) is 0 Å². The van der Waals surface area contributed by atoms with Gasteiger partial charge in [-0.2, -0.15) is 0 Å². The van der Waals surface area contributed by atoms with Crippen molar-refractivity contribution in [1.82, 2.24) is 0 Å². The van der Waals surface area contributed by atoms with E-state index in [-0.39, 0.29) is 45.1 Å². The maximum Gasteiger partial charge on any atom is 0.312 e. The molecule has 4 nitrogen and oxygen atoms in total. The Morgan fingerprint density at radius 2 is 1.67 bits per heavy atom. The number of ether oxygens (including phenoxy) is 2. The van der Waals surface area contributed by atoms with Gasteiger partial charge in [0.15, 0.2) is 0 Å². The molecule has 0 saturated heterocycles. The monoisotopic (exact) mass is 536 g/mol. The molecule has 4 heteroatoms. The van der Waals surface area contributed by atoms with Crippen LogP contribution in [0.2, 0.25) is 0 Å². The van der Waals surface area contributed by atoms with Gasteiger partial charge in [0.1, 0.15) is 12.7 Å². The molecule has 0 aliphatic heterocycles. The molecule has 5 fully saturated rings. The second-order valence-electron chi connectivity index (χ2n) is 15.3. The second kappa shape index (κ2) is 9.95. The van der Waals surface area contributed by atoms with Gasteiger partial charge in [-0.3, -0.25) is 9.59 Å². The third-order valence-electron chi connectivity index (χ3n) is 13.8. The third kappa shape index (κ3) is 4.06. The van der Waals surface area contributed by atoms with Gasteiger partial charge < -0.3 is 9.47 Å². The maximum atomic E-state index is 13.5. The Morgan fingerprint density at radius 1 is 0.897 bits per heavy atom. The Balaban J connectivity index is 1.40. The topological polar surface area (TPSA) is 52.6 Å². The van der Waals surface area contributed by atoms with Crippen LogP contribution in [0.5, 0.6) is 0 Å². The molecule has 9 atom stereocenters. The first kappa shape index (κ1) is 28.8. The normalized spacial score (nSPS) is 45.9. The number of hydrogen-bond acceptors (Lipinski definition) is 4. The second-order valence-corrected chi connectivity index (χ2v) is 15.3. The van der Waals surface area contributed by atoms with Crippen molar-refractivity contribution in [2.24, 2.45) is 50.7 Å². The van der Waals surface area contributed by atoms with Gasteiger partial charge in [0.25, 0.3) is 0 Å². The van der Waals surface area contributed by atoms with E-state index in [9.17, 15) is 9.59 Å². The molecular weight excluding hydrogens is 484 g/mol. The van der Waals surface area contributed by atoms with Crippen LogP contribution in [0, 0.1) is 63.1 Å². The smallest absolute Gasteiger partial charge is 0.312 e. The van der Waals surface area contributed by atoms with Crippen LogP contribution in [0.4, 0.5) is 0 Å². The largest absolute Gasteiger partial charge is 0.462 e. The van der Waals surface area contributed by atoms with Gasteiger partial charge in [-0.1, -0.05) is 53.7 Å². The van der Waals surface area contributed by atoms with Crippen LogP contribution in [0.15, 0.2) is 12.7 Å². The van der Waals surface area contributed by atoms with Crippen molar-refractivity contribution in [2.75, 3.05) is 6.61 Å². The van der Waals surface area contributed by atoms with Crippen LogP contribution < -0.4 is 0 Å². The molecule has 0 bridgehead atoms. The Labute approximate surface area is 237 Å². The first-order chi connectivity index (χ1) is 18.4. The average molecular weight is 537 g/mol. The molecule has 39 heavy (non-hydrogen) atoms. The Bertz CT molecular complexity index is 1040. The summed E-state index contributed by atoms with van der Waals surface area (Å²) in [6.07, 6.45) is 20.2. The highest BCUT2D eigenvalue weighted by Crippen LogP contribution is 2.77. The van der Waals surface area contributed by atoms with E-state index in [2.05, 4.69) is 47.1 Å². The highest BCUT2D eigenvalue weighted by atomic mass is 16.5. The zero-order chi connectivity index (χ0) is 28.3. The molecule has 0 radical (unpaired) electrons. The zero-order valence-electron chi connectivity index (χ0n) is 25.3. The summed E-state index contributed by atoms with van der Waals surface area (Å²) in [5.41, 5.74) is 0.400. The third-order valence-corrected chi connectivity index (χ3v) is 13.8. The van der Waals surface area contributed by atoms with Gasteiger partial charge in [-0.15, -0.1) is 12.3 Å². The van der Waals surface area contributed by atoms with E-state index in [4.69, 9.17) is 15.9 Å². The van der Waals surface area contributed by atoms with E-state index in [1.54, 1.807) is 6.08 Å². The zero-order valence-corrected chi connectivity index (χ0v) is 25.3. The summed E-state index contributed by atoms with van der Waals surface area (Å²) in [6.45, 7) is 16.6. The highest BCUT2D eigenvalue weighted by molar-refractivity contribution is 5.78. The van der Waals surface area contributed by atoms with Crippen LogP contribution in [0.3, 0.4) is 0 Å². The highest BCUT2D eigenvalue weighted by Gasteiger charge is 2.71. The van der Waals surface area contributed by atoms with Gasteiger partial charge in [0.2, 0.25) is 0 Å². The maximum absolute atomic E-state index is 13.5. The fourth-order valence-corrected chi connectivity index (χ4v) is 11.8. The molecule has 8 unspecified atom stereocenters. The molecule has 5 aliphatic rings. The molecule has 5 aliphatic carbocycles. The average Bonchev–Trinajstić information content (AvgIpc) is 3.33. The molecule has 5 rings (SSSR count). The summed E-state index contributed by atoms with van der Waals surface area (Å²) in [7, 11) is 0. The molecule has 0 spiro atoms. The lowest BCUT2D eigenvalue weighted by atomic mass is 9.32. The summed E-state index contributed by atoms with van der Waals surface area (Å²) in [5.74, 6) is 4.71. The number of carbonyl (C=O) groups excluding carboxylic acids is 2. The van der Waals surface area contributed by atoms with E-state index < -0.39 is 0 Å². The lowest BCUT2D eigenvalue weighted by molar-refractivity contribution is -0.249. The number of rotatable bonds is 6. The Kier molecular flexibility index (Phi) is 7.34. The van der Waals surface area contributed by atoms with Gasteiger partial charge in [0, 0.05) is 11.8 Å². The first-order valence-corrected chi connectivity index (χ1v) is 15.8. The minimum absolute atomic E-state index is 0.0347. The first-order valence-electron chi connectivity index (χ1n) is 15.8. The van der Waals surface area contributed by atoms with Crippen molar-refractivity contribution in [3.8, 4) is 12.3 Å². The SMILES string of the molecule is C#CCCC(=O)OC1CCC2(C)C(CCC3(C)C2CCC2C4CCCC4(C(=O)OCC=C)CC[C@]23C)C1(C)C. The predicted octanol–water partition coefficient (Wildman–Crippen LogP) is 7.90. The van der Waals surface area contributed by atoms with E-state index in [0.717, 1.165) is 38.5 Å². The number of carbonyl (C=O) groups is 2. The molecule has 0 aromatic carbocycles. The van der Waals surface area contributed by atoms with Crippen LogP contribution in [-0.4, -0.2) is 24.6 Å². The summed E-state index contributed by atoms with van der Waals surface area (Å²) in [5, 5.41) is 0. The standard InChI is InChI=1S/C35H52O4/c1-8-10-13-29(36)39-28-17-19-32(5)26(31(28,3)4)16-20-34(7)27(32)15-14-24-25-12-11-18-35(25,22-21-33(24,34)6)30(37)38-23-9-2/h1,9,24-28H,2,10-23H2,3-7H3/t24?,25?,26?,27?,28?,32?,33-,34?,35?/m1/s1. The number of terminal acetylenes is 1. The van der Waals surface area contributed by atoms with Crippen molar-refractivity contribution in [3.05, 3.63) is 12.7 Å². The van der Waals surface area contributed by atoms with Crippen molar-refractivity contribution in [3.63, 3.8) is 0 Å². The minimum atomic E-state index is -0.277. The van der Waals surface area contributed by atoms with Gasteiger partial charge >= 0.3 is 11.9 Å². The van der Waals surface area contributed by atoms with Crippen LogP contribution in [0.25, 0.3) is 0 Å². The number of esters is 2. The molecule has 0 heterocycles. The molecule has 0 aromatic heterocycles.